The lowest BCUT2D eigenvalue weighted by atomic mass is 9.87. The van der Waals surface area contributed by atoms with E-state index in [0.717, 1.165) is 26.1 Å². The minimum Gasteiger partial charge on any atom is -0.347 e. The molecular formula is C16H30ClN3O2. The summed E-state index contributed by atoms with van der Waals surface area (Å²) < 4.78 is 0. The van der Waals surface area contributed by atoms with Crippen molar-refractivity contribution < 1.29 is 9.59 Å². The number of carbonyl (C=O) groups is 2. The third-order valence-electron chi connectivity index (χ3n) is 4.77. The largest absolute Gasteiger partial charge is 0.347 e. The predicted molar refractivity (Wildman–Crippen MR) is 90.1 cm³/mol. The highest BCUT2D eigenvalue weighted by molar-refractivity contribution is 5.85. The smallest absolute Gasteiger partial charge is 0.241 e. The van der Waals surface area contributed by atoms with Crippen LogP contribution in [0.25, 0.3) is 0 Å². The van der Waals surface area contributed by atoms with Crippen molar-refractivity contribution in [1.82, 2.24) is 15.5 Å². The lowest BCUT2D eigenvalue weighted by molar-refractivity contribution is -0.132. The molecule has 2 fully saturated rings. The van der Waals surface area contributed by atoms with Crippen LogP contribution in [-0.4, -0.2) is 49.9 Å². The molecule has 22 heavy (non-hydrogen) atoms. The van der Waals surface area contributed by atoms with Gasteiger partial charge >= 0.3 is 0 Å². The van der Waals surface area contributed by atoms with Crippen LogP contribution in [0.15, 0.2) is 0 Å². The first-order valence-electron chi connectivity index (χ1n) is 8.38. The number of hydrogen-bond donors (Lipinski definition) is 2. The van der Waals surface area contributed by atoms with Gasteiger partial charge in [-0.1, -0.05) is 19.3 Å². The summed E-state index contributed by atoms with van der Waals surface area (Å²) in [6.07, 6.45) is 7.78. The van der Waals surface area contributed by atoms with Gasteiger partial charge in [-0.25, -0.2) is 0 Å². The van der Waals surface area contributed by atoms with Crippen LogP contribution in [0, 0.1) is 11.8 Å². The van der Waals surface area contributed by atoms with E-state index in [0.29, 0.717) is 18.3 Å². The summed E-state index contributed by atoms with van der Waals surface area (Å²) in [5, 5.41) is 5.96. The number of nitrogens with one attached hydrogen (secondary N) is 2. The molecule has 0 aromatic rings. The molecule has 2 rings (SSSR count). The van der Waals surface area contributed by atoms with E-state index in [1.807, 2.05) is 11.9 Å². The zero-order chi connectivity index (χ0) is 15.1. The Hall–Kier alpha value is -0.810. The maximum Gasteiger partial charge on any atom is 0.241 e. The summed E-state index contributed by atoms with van der Waals surface area (Å²) in [5.41, 5.74) is 0. The van der Waals surface area contributed by atoms with E-state index in [4.69, 9.17) is 0 Å². The topological polar surface area (TPSA) is 61.4 Å². The van der Waals surface area contributed by atoms with Crippen LogP contribution in [0.4, 0.5) is 0 Å². The molecule has 0 spiro atoms. The van der Waals surface area contributed by atoms with E-state index in [1.54, 1.807) is 0 Å². The van der Waals surface area contributed by atoms with Crippen LogP contribution in [0.1, 0.15) is 44.9 Å². The molecule has 1 saturated heterocycles. The van der Waals surface area contributed by atoms with Crippen molar-refractivity contribution >= 4 is 24.2 Å². The highest BCUT2D eigenvalue weighted by atomic mass is 35.5. The van der Waals surface area contributed by atoms with E-state index in [-0.39, 0.29) is 30.8 Å². The number of rotatable bonds is 6. The molecule has 128 valence electrons. The van der Waals surface area contributed by atoms with Gasteiger partial charge in [-0.2, -0.15) is 0 Å². The van der Waals surface area contributed by atoms with E-state index < -0.39 is 0 Å². The van der Waals surface area contributed by atoms with Crippen LogP contribution < -0.4 is 10.6 Å². The van der Waals surface area contributed by atoms with Gasteiger partial charge in [0.05, 0.1) is 6.54 Å². The molecule has 0 radical (unpaired) electrons. The molecule has 1 aliphatic carbocycles. The average molecular weight is 332 g/mol. The molecule has 5 nitrogen and oxygen atoms in total. The van der Waals surface area contributed by atoms with Crippen molar-refractivity contribution in [3.63, 3.8) is 0 Å². The summed E-state index contributed by atoms with van der Waals surface area (Å²) in [5.74, 6) is 1.18. The summed E-state index contributed by atoms with van der Waals surface area (Å²) in [4.78, 5) is 25.9. The molecule has 2 aliphatic rings. The number of carbonyl (C=O) groups excluding carboxylic acids is 2. The fourth-order valence-corrected chi connectivity index (χ4v) is 3.53. The monoisotopic (exact) mass is 331 g/mol. The summed E-state index contributed by atoms with van der Waals surface area (Å²) in [6.45, 7) is 2.76. The molecule has 2 amide bonds. The van der Waals surface area contributed by atoms with Crippen molar-refractivity contribution in [2.24, 2.45) is 11.8 Å². The molecule has 1 atom stereocenters. The van der Waals surface area contributed by atoms with E-state index in [1.165, 1.54) is 32.1 Å². The first-order chi connectivity index (χ1) is 10.2. The Kier molecular flexibility index (Phi) is 8.79. The number of amides is 2. The first kappa shape index (κ1) is 19.2. The predicted octanol–water partition coefficient (Wildman–Crippen LogP) is 1.56. The van der Waals surface area contributed by atoms with Gasteiger partial charge in [0, 0.05) is 19.5 Å². The molecule has 1 saturated carbocycles. The van der Waals surface area contributed by atoms with Crippen molar-refractivity contribution in [2.45, 2.75) is 44.9 Å². The van der Waals surface area contributed by atoms with Gasteiger partial charge in [-0.05, 0) is 44.7 Å². The molecule has 1 unspecified atom stereocenters. The second-order valence-electron chi connectivity index (χ2n) is 6.54. The molecule has 6 heteroatoms. The summed E-state index contributed by atoms with van der Waals surface area (Å²) in [6, 6.07) is 0. The third-order valence-corrected chi connectivity index (χ3v) is 4.77. The zero-order valence-corrected chi connectivity index (χ0v) is 14.4. The lowest BCUT2D eigenvalue weighted by Crippen LogP contribution is -2.39. The third kappa shape index (κ3) is 6.13. The highest BCUT2D eigenvalue weighted by Crippen LogP contribution is 2.26. The standard InChI is InChI=1S/C16H29N3O2.ClH/c1-17-10-14-7-8-19(12-14)16(21)11-18-15(20)9-13-5-3-2-4-6-13;/h13-14,17H,2-12H2,1H3,(H,18,20);1H. The van der Waals surface area contributed by atoms with Crippen LogP contribution in [0.3, 0.4) is 0 Å². The van der Waals surface area contributed by atoms with Gasteiger partial charge in [-0.3, -0.25) is 9.59 Å². The molecular weight excluding hydrogens is 302 g/mol. The minimum absolute atomic E-state index is 0. The van der Waals surface area contributed by atoms with Crippen LogP contribution in [0.2, 0.25) is 0 Å². The van der Waals surface area contributed by atoms with Crippen molar-refractivity contribution in [3.8, 4) is 0 Å². The first-order valence-corrected chi connectivity index (χ1v) is 8.38. The average Bonchev–Trinajstić information content (AvgIpc) is 2.95. The SMILES string of the molecule is CNCC1CCN(C(=O)CNC(=O)CC2CCCCC2)C1.Cl. The Morgan fingerprint density at radius 1 is 1.09 bits per heavy atom. The lowest BCUT2D eigenvalue weighted by Gasteiger charge is -2.21. The Balaban J connectivity index is 0.00000242. The molecule has 1 heterocycles. The molecule has 1 aliphatic heterocycles. The fourth-order valence-electron chi connectivity index (χ4n) is 3.53. The Labute approximate surface area is 140 Å². The minimum atomic E-state index is 0. The normalized spacial score (nSPS) is 22.2. The number of halogens is 1. The second kappa shape index (κ2) is 10.1. The Bertz CT molecular complexity index is 359. The van der Waals surface area contributed by atoms with E-state index >= 15 is 0 Å². The number of hydrogen-bond acceptors (Lipinski definition) is 3. The van der Waals surface area contributed by atoms with Crippen LogP contribution in [0.5, 0.6) is 0 Å². The Morgan fingerprint density at radius 3 is 2.50 bits per heavy atom. The van der Waals surface area contributed by atoms with Crippen LogP contribution in [-0.2, 0) is 9.59 Å². The second-order valence-corrected chi connectivity index (χ2v) is 6.54. The quantitative estimate of drug-likeness (QED) is 0.776. The highest BCUT2D eigenvalue weighted by Gasteiger charge is 2.26. The van der Waals surface area contributed by atoms with Gasteiger partial charge in [0.2, 0.25) is 11.8 Å². The van der Waals surface area contributed by atoms with E-state index in [2.05, 4.69) is 10.6 Å². The summed E-state index contributed by atoms with van der Waals surface area (Å²) >= 11 is 0. The zero-order valence-electron chi connectivity index (χ0n) is 13.6. The van der Waals surface area contributed by atoms with Crippen molar-refractivity contribution in [1.29, 1.82) is 0 Å². The van der Waals surface area contributed by atoms with Gasteiger partial charge in [-0.15, -0.1) is 12.4 Å². The maximum atomic E-state index is 12.1. The van der Waals surface area contributed by atoms with Gasteiger partial charge in [0.25, 0.3) is 0 Å². The van der Waals surface area contributed by atoms with Gasteiger partial charge < -0.3 is 15.5 Å². The van der Waals surface area contributed by atoms with Gasteiger partial charge in [0.1, 0.15) is 0 Å². The summed E-state index contributed by atoms with van der Waals surface area (Å²) in [7, 11) is 1.94. The van der Waals surface area contributed by atoms with Gasteiger partial charge in [0.15, 0.2) is 0 Å². The molecule has 0 aromatic heterocycles. The van der Waals surface area contributed by atoms with Crippen LogP contribution >= 0.6 is 12.4 Å². The fraction of sp³-hybridized carbons (Fsp3) is 0.875. The maximum absolute atomic E-state index is 12.1. The molecule has 0 aromatic carbocycles. The van der Waals surface area contributed by atoms with Crippen molar-refractivity contribution in [3.05, 3.63) is 0 Å². The molecule has 2 N–H and O–H groups in total. The molecule has 0 bridgehead atoms. The number of likely N-dealkylation sites (tertiary alicyclic amines) is 1. The van der Waals surface area contributed by atoms with E-state index in [9.17, 15) is 9.59 Å². The number of nitrogens with zero attached hydrogens (tertiary/aromatic N) is 1. The van der Waals surface area contributed by atoms with Crippen molar-refractivity contribution in [2.75, 3.05) is 33.2 Å². The Morgan fingerprint density at radius 2 is 1.82 bits per heavy atom.